The van der Waals surface area contributed by atoms with E-state index in [1.54, 1.807) is 12.3 Å². The van der Waals surface area contributed by atoms with E-state index in [2.05, 4.69) is 14.8 Å². The summed E-state index contributed by atoms with van der Waals surface area (Å²) in [5.41, 5.74) is 1.61. The van der Waals surface area contributed by atoms with Crippen LogP contribution in [0.3, 0.4) is 0 Å². The summed E-state index contributed by atoms with van der Waals surface area (Å²) in [5, 5.41) is 0. The minimum atomic E-state index is -0.268. The number of hydrogen-bond donors (Lipinski definition) is 0. The van der Waals surface area contributed by atoms with Crippen LogP contribution < -0.4 is 0 Å². The molecule has 2 fully saturated rings. The molecular formula is C19H24FN3O. The van der Waals surface area contributed by atoms with E-state index >= 15 is 0 Å². The summed E-state index contributed by atoms with van der Waals surface area (Å²) in [7, 11) is 0. The van der Waals surface area contributed by atoms with Crippen molar-refractivity contribution >= 4 is 0 Å². The van der Waals surface area contributed by atoms with Crippen LogP contribution in [0.4, 0.5) is 4.39 Å². The molecule has 128 valence electrons. The maximum Gasteiger partial charge on any atom is 0.226 e. The third-order valence-electron chi connectivity index (χ3n) is 5.26. The molecule has 4 nitrogen and oxygen atoms in total. The van der Waals surface area contributed by atoms with Gasteiger partial charge in [-0.3, -0.25) is 9.80 Å². The molecule has 0 N–H and O–H groups in total. The average molecular weight is 329 g/mol. The SMILES string of the molecule is Fc1cccc(-c2nc(CN3CCN(C4CCCC4)CC3)co2)c1. The fraction of sp³-hybridized carbons (Fsp3) is 0.526. The molecular weight excluding hydrogens is 305 g/mol. The Morgan fingerprint density at radius 1 is 1.12 bits per heavy atom. The van der Waals surface area contributed by atoms with Crippen LogP contribution in [0.15, 0.2) is 34.9 Å². The highest BCUT2D eigenvalue weighted by Crippen LogP contribution is 2.25. The maximum atomic E-state index is 13.3. The summed E-state index contributed by atoms with van der Waals surface area (Å²) in [6, 6.07) is 7.20. The molecule has 1 aliphatic carbocycles. The monoisotopic (exact) mass is 329 g/mol. The van der Waals surface area contributed by atoms with E-state index in [0.29, 0.717) is 11.5 Å². The van der Waals surface area contributed by atoms with Crippen molar-refractivity contribution in [1.82, 2.24) is 14.8 Å². The van der Waals surface area contributed by atoms with Crippen molar-refractivity contribution in [3.8, 4) is 11.5 Å². The molecule has 2 aliphatic rings. The summed E-state index contributed by atoms with van der Waals surface area (Å²) in [4.78, 5) is 9.61. The Kier molecular flexibility index (Phi) is 4.63. The van der Waals surface area contributed by atoms with Crippen molar-refractivity contribution in [2.75, 3.05) is 26.2 Å². The Morgan fingerprint density at radius 2 is 1.92 bits per heavy atom. The van der Waals surface area contributed by atoms with E-state index in [1.807, 2.05) is 6.07 Å². The lowest BCUT2D eigenvalue weighted by Gasteiger charge is -2.37. The summed E-state index contributed by atoms with van der Waals surface area (Å²) in [6.07, 6.45) is 7.24. The second kappa shape index (κ2) is 7.03. The van der Waals surface area contributed by atoms with Gasteiger partial charge in [0.25, 0.3) is 0 Å². The number of hydrogen-bond acceptors (Lipinski definition) is 4. The van der Waals surface area contributed by atoms with E-state index in [4.69, 9.17) is 4.42 Å². The van der Waals surface area contributed by atoms with Crippen molar-refractivity contribution < 1.29 is 8.81 Å². The van der Waals surface area contributed by atoms with Crippen LogP contribution in [0.1, 0.15) is 31.4 Å². The van der Waals surface area contributed by atoms with Crippen LogP contribution in [0.2, 0.25) is 0 Å². The summed E-state index contributed by atoms with van der Waals surface area (Å²) < 4.78 is 18.8. The molecule has 2 aromatic rings. The van der Waals surface area contributed by atoms with E-state index in [9.17, 15) is 4.39 Å². The van der Waals surface area contributed by atoms with Crippen LogP contribution in [-0.4, -0.2) is 47.0 Å². The van der Waals surface area contributed by atoms with Gasteiger partial charge in [0, 0.05) is 44.3 Å². The quantitative estimate of drug-likeness (QED) is 0.859. The zero-order chi connectivity index (χ0) is 16.4. The Morgan fingerprint density at radius 3 is 2.67 bits per heavy atom. The number of nitrogens with zero attached hydrogens (tertiary/aromatic N) is 3. The summed E-state index contributed by atoms with van der Waals surface area (Å²) in [6.45, 7) is 5.27. The van der Waals surface area contributed by atoms with Gasteiger partial charge in [0.2, 0.25) is 5.89 Å². The molecule has 4 rings (SSSR count). The van der Waals surface area contributed by atoms with Gasteiger partial charge in [-0.25, -0.2) is 9.37 Å². The second-order valence-electron chi connectivity index (χ2n) is 6.90. The van der Waals surface area contributed by atoms with Crippen molar-refractivity contribution in [3.63, 3.8) is 0 Å². The van der Waals surface area contributed by atoms with Gasteiger partial charge in [-0.1, -0.05) is 18.9 Å². The Labute approximate surface area is 142 Å². The van der Waals surface area contributed by atoms with Gasteiger partial charge in [-0.15, -0.1) is 0 Å². The van der Waals surface area contributed by atoms with Gasteiger partial charge in [-0.05, 0) is 31.0 Å². The van der Waals surface area contributed by atoms with E-state index < -0.39 is 0 Å². The molecule has 0 bridgehead atoms. The topological polar surface area (TPSA) is 32.5 Å². The normalized spacial score (nSPS) is 20.7. The van der Waals surface area contributed by atoms with Gasteiger partial charge >= 0.3 is 0 Å². The molecule has 0 atom stereocenters. The third-order valence-corrected chi connectivity index (χ3v) is 5.26. The van der Waals surface area contributed by atoms with Crippen LogP contribution in [0.5, 0.6) is 0 Å². The number of oxazole rings is 1. The highest BCUT2D eigenvalue weighted by molar-refractivity contribution is 5.52. The third kappa shape index (κ3) is 3.52. The first-order valence-corrected chi connectivity index (χ1v) is 8.95. The highest BCUT2D eigenvalue weighted by Gasteiger charge is 2.26. The molecule has 1 aromatic carbocycles. The number of halogens is 1. The smallest absolute Gasteiger partial charge is 0.226 e. The fourth-order valence-electron chi connectivity index (χ4n) is 3.92. The molecule has 0 radical (unpaired) electrons. The van der Waals surface area contributed by atoms with Crippen LogP contribution in [0, 0.1) is 5.82 Å². The summed E-state index contributed by atoms with van der Waals surface area (Å²) >= 11 is 0. The molecule has 5 heteroatoms. The molecule has 1 aliphatic heterocycles. The molecule has 0 unspecified atom stereocenters. The minimum Gasteiger partial charge on any atom is -0.444 e. The number of aromatic nitrogens is 1. The minimum absolute atomic E-state index is 0.268. The summed E-state index contributed by atoms with van der Waals surface area (Å²) in [5.74, 6) is 0.226. The fourth-order valence-corrected chi connectivity index (χ4v) is 3.92. The predicted molar refractivity (Wildman–Crippen MR) is 91.0 cm³/mol. The molecule has 1 saturated carbocycles. The molecule has 0 spiro atoms. The number of rotatable bonds is 4. The standard InChI is InChI=1S/C19H24FN3O/c20-16-5-3-4-15(12-16)19-21-17(14-24-19)13-22-8-10-23(11-9-22)18-6-1-2-7-18/h3-5,12,14,18H,1-2,6-11,13H2. The van der Waals surface area contributed by atoms with Crippen molar-refractivity contribution in [1.29, 1.82) is 0 Å². The van der Waals surface area contributed by atoms with Crippen molar-refractivity contribution in [3.05, 3.63) is 42.0 Å². The molecule has 0 amide bonds. The Hall–Kier alpha value is -1.72. The van der Waals surface area contributed by atoms with Crippen LogP contribution >= 0.6 is 0 Å². The van der Waals surface area contributed by atoms with Crippen LogP contribution in [0.25, 0.3) is 11.5 Å². The molecule has 2 heterocycles. The van der Waals surface area contributed by atoms with Gasteiger partial charge in [-0.2, -0.15) is 0 Å². The van der Waals surface area contributed by atoms with Crippen LogP contribution in [-0.2, 0) is 6.54 Å². The van der Waals surface area contributed by atoms with E-state index in [0.717, 1.165) is 44.5 Å². The molecule has 1 saturated heterocycles. The first-order chi connectivity index (χ1) is 11.8. The van der Waals surface area contributed by atoms with Gasteiger partial charge in [0.15, 0.2) is 0 Å². The maximum absolute atomic E-state index is 13.3. The van der Waals surface area contributed by atoms with Gasteiger partial charge < -0.3 is 4.42 Å². The Bertz CT molecular complexity index is 673. The Balaban J connectivity index is 1.33. The zero-order valence-corrected chi connectivity index (χ0v) is 14.0. The second-order valence-corrected chi connectivity index (χ2v) is 6.90. The molecule has 24 heavy (non-hydrogen) atoms. The van der Waals surface area contributed by atoms with E-state index in [1.165, 1.54) is 37.8 Å². The van der Waals surface area contributed by atoms with E-state index in [-0.39, 0.29) is 5.82 Å². The zero-order valence-electron chi connectivity index (χ0n) is 14.0. The largest absolute Gasteiger partial charge is 0.444 e. The molecule has 1 aromatic heterocycles. The lowest BCUT2D eigenvalue weighted by Crippen LogP contribution is -2.49. The highest BCUT2D eigenvalue weighted by atomic mass is 19.1. The van der Waals surface area contributed by atoms with Gasteiger partial charge in [0.1, 0.15) is 12.1 Å². The number of benzene rings is 1. The lowest BCUT2D eigenvalue weighted by molar-refractivity contribution is 0.0929. The van der Waals surface area contributed by atoms with Crippen molar-refractivity contribution in [2.24, 2.45) is 0 Å². The average Bonchev–Trinajstić information content (AvgIpc) is 3.27. The predicted octanol–water partition coefficient (Wildman–Crippen LogP) is 3.54. The first-order valence-electron chi connectivity index (χ1n) is 8.95. The first kappa shape index (κ1) is 15.8. The lowest BCUT2D eigenvalue weighted by atomic mass is 10.2. The number of piperazine rings is 1. The van der Waals surface area contributed by atoms with Gasteiger partial charge in [0.05, 0.1) is 5.69 Å². The van der Waals surface area contributed by atoms with Crippen molar-refractivity contribution in [2.45, 2.75) is 38.3 Å².